The van der Waals surface area contributed by atoms with Crippen LogP contribution in [0.5, 0.6) is 17.2 Å². The van der Waals surface area contributed by atoms with Gasteiger partial charge in [-0.05, 0) is 28.9 Å². The van der Waals surface area contributed by atoms with Crippen LogP contribution in [-0.2, 0) is 9.59 Å². The molecule has 1 atom stereocenters. The van der Waals surface area contributed by atoms with Crippen LogP contribution in [0, 0.1) is 16.7 Å². The van der Waals surface area contributed by atoms with E-state index < -0.39 is 22.7 Å². The Morgan fingerprint density at radius 2 is 1.26 bits per heavy atom. The SMILES string of the molecule is CC1(C)CC(=O)C(C(C[C@H](c2ccccc2)c2cc3c(cc2O)OCO3)C2=C(O)CC(C)(C)CC2=O)=C(O)C1. The van der Waals surface area contributed by atoms with Gasteiger partial charge < -0.3 is 24.8 Å². The van der Waals surface area contributed by atoms with Crippen LogP contribution in [0.1, 0.15) is 76.8 Å². The quantitative estimate of drug-likeness (QED) is 0.381. The van der Waals surface area contributed by atoms with Crippen molar-refractivity contribution < 1.29 is 34.4 Å². The average Bonchev–Trinajstić information content (AvgIpc) is 3.27. The summed E-state index contributed by atoms with van der Waals surface area (Å²) in [7, 11) is 0. The van der Waals surface area contributed by atoms with E-state index in [1.54, 1.807) is 6.07 Å². The zero-order valence-electron chi connectivity index (χ0n) is 22.9. The lowest BCUT2D eigenvalue weighted by Gasteiger charge is -2.37. The number of carbonyl (C=O) groups excluding carboxylic acids is 2. The van der Waals surface area contributed by atoms with Crippen LogP contribution >= 0.6 is 0 Å². The van der Waals surface area contributed by atoms with E-state index in [0.29, 0.717) is 29.9 Å². The van der Waals surface area contributed by atoms with Crippen LogP contribution in [0.3, 0.4) is 0 Å². The summed E-state index contributed by atoms with van der Waals surface area (Å²) >= 11 is 0. The lowest BCUT2D eigenvalue weighted by molar-refractivity contribution is -0.119. The van der Waals surface area contributed by atoms with Gasteiger partial charge in [0.15, 0.2) is 23.1 Å². The fourth-order valence-corrected chi connectivity index (χ4v) is 6.36. The van der Waals surface area contributed by atoms with E-state index in [1.807, 2.05) is 58.0 Å². The third kappa shape index (κ3) is 5.27. The van der Waals surface area contributed by atoms with Gasteiger partial charge in [0.05, 0.1) is 0 Å². The molecular weight excluding hydrogens is 496 g/mol. The minimum absolute atomic E-state index is 0.00420. The molecule has 0 spiro atoms. The van der Waals surface area contributed by atoms with Crippen molar-refractivity contribution in [3.05, 3.63) is 76.3 Å². The molecule has 5 rings (SSSR count). The van der Waals surface area contributed by atoms with Crippen LogP contribution < -0.4 is 9.47 Å². The maximum atomic E-state index is 13.6. The molecule has 1 heterocycles. The van der Waals surface area contributed by atoms with Crippen LogP contribution in [0.4, 0.5) is 0 Å². The maximum Gasteiger partial charge on any atom is 0.231 e. The molecule has 0 saturated carbocycles. The number of hydrogen-bond acceptors (Lipinski definition) is 7. The third-order valence-corrected chi connectivity index (χ3v) is 8.06. The smallest absolute Gasteiger partial charge is 0.231 e. The minimum Gasteiger partial charge on any atom is -0.512 e. The number of ether oxygens (including phenoxy) is 2. The number of aromatic hydroxyl groups is 1. The highest BCUT2D eigenvalue weighted by Crippen LogP contribution is 2.50. The minimum atomic E-state index is -0.854. The number of phenols is 1. The number of aliphatic hydroxyl groups is 2. The van der Waals surface area contributed by atoms with E-state index >= 15 is 0 Å². The lowest BCUT2D eigenvalue weighted by atomic mass is 9.66. The first-order chi connectivity index (χ1) is 18.3. The first-order valence-electron chi connectivity index (χ1n) is 13.4. The van der Waals surface area contributed by atoms with Gasteiger partial charge in [0.1, 0.15) is 17.3 Å². The van der Waals surface area contributed by atoms with Crippen LogP contribution in [0.25, 0.3) is 0 Å². The monoisotopic (exact) mass is 532 g/mol. The van der Waals surface area contributed by atoms with Crippen LogP contribution in [0.15, 0.2) is 65.1 Å². The molecule has 2 aromatic carbocycles. The molecule has 0 fully saturated rings. The number of hydrogen-bond donors (Lipinski definition) is 3. The Kier molecular flexibility index (Phi) is 6.73. The summed E-state index contributed by atoms with van der Waals surface area (Å²) in [6.07, 6.45) is 1.21. The van der Waals surface area contributed by atoms with Crippen molar-refractivity contribution in [2.24, 2.45) is 16.7 Å². The number of phenolic OH excluding ortho intramolecular Hbond substituents is 1. The van der Waals surface area contributed by atoms with Gasteiger partial charge in [-0.15, -0.1) is 0 Å². The second-order valence-corrected chi connectivity index (χ2v) is 12.6. The van der Waals surface area contributed by atoms with Crippen molar-refractivity contribution in [2.45, 2.75) is 65.7 Å². The highest BCUT2D eigenvalue weighted by molar-refractivity contribution is 6.03. The topological polar surface area (TPSA) is 113 Å². The van der Waals surface area contributed by atoms with E-state index in [4.69, 9.17) is 9.47 Å². The Labute approximate surface area is 228 Å². The average molecular weight is 533 g/mol. The number of aliphatic hydroxyl groups excluding tert-OH is 2. The number of carbonyl (C=O) groups is 2. The number of Topliss-reactive ketones (excluding diaryl/α,β-unsaturated/α-hetero) is 2. The first-order valence-corrected chi connectivity index (χ1v) is 13.4. The fourth-order valence-electron chi connectivity index (χ4n) is 6.36. The summed E-state index contributed by atoms with van der Waals surface area (Å²) in [5.41, 5.74) is 0.930. The predicted octanol–water partition coefficient (Wildman–Crippen LogP) is 6.66. The number of fused-ring (bicyclic) bond motifs is 1. The Balaban J connectivity index is 1.69. The van der Waals surface area contributed by atoms with Gasteiger partial charge in [0.2, 0.25) is 6.79 Å². The highest BCUT2D eigenvalue weighted by Gasteiger charge is 2.44. The normalized spacial score (nSPS) is 21.1. The van der Waals surface area contributed by atoms with E-state index in [0.717, 1.165) is 5.56 Å². The summed E-state index contributed by atoms with van der Waals surface area (Å²) in [5, 5.41) is 33.6. The molecule has 0 saturated heterocycles. The van der Waals surface area contributed by atoms with E-state index in [2.05, 4.69) is 0 Å². The Morgan fingerprint density at radius 3 is 1.77 bits per heavy atom. The molecule has 7 nitrogen and oxygen atoms in total. The van der Waals surface area contributed by atoms with Crippen molar-refractivity contribution in [1.82, 2.24) is 0 Å². The van der Waals surface area contributed by atoms with E-state index in [9.17, 15) is 24.9 Å². The summed E-state index contributed by atoms with van der Waals surface area (Å²) < 4.78 is 11.0. The fraction of sp³-hybridized carbons (Fsp3) is 0.438. The molecule has 2 aliphatic carbocycles. The standard InChI is InChI=1S/C32H36O7/c1-31(2)13-23(34)29(24(35)14-31)21(30-25(36)15-32(3,4)16-26(30)37)10-19(18-8-6-5-7-9-18)20-11-27-28(12-22(20)33)39-17-38-27/h5-9,11-12,19,21,33-34,36H,10,13-17H2,1-4H3/t19-/m1/s1. The second kappa shape index (κ2) is 9.78. The van der Waals surface area contributed by atoms with Crippen molar-refractivity contribution >= 4 is 11.6 Å². The number of allylic oxidation sites excluding steroid dienone is 4. The summed E-state index contributed by atoms with van der Waals surface area (Å²) in [6, 6.07) is 12.7. The largest absolute Gasteiger partial charge is 0.512 e. The molecule has 39 heavy (non-hydrogen) atoms. The predicted molar refractivity (Wildman–Crippen MR) is 146 cm³/mol. The van der Waals surface area contributed by atoms with Gasteiger partial charge >= 0.3 is 0 Å². The van der Waals surface area contributed by atoms with Crippen molar-refractivity contribution in [3.8, 4) is 17.2 Å². The Morgan fingerprint density at radius 1 is 0.744 bits per heavy atom. The summed E-state index contributed by atoms with van der Waals surface area (Å²) in [4.78, 5) is 27.2. The molecule has 3 aliphatic rings. The van der Waals surface area contributed by atoms with Gasteiger partial charge in [-0.2, -0.15) is 0 Å². The molecule has 1 aliphatic heterocycles. The van der Waals surface area contributed by atoms with Crippen molar-refractivity contribution in [2.75, 3.05) is 6.79 Å². The zero-order valence-corrected chi connectivity index (χ0v) is 22.9. The number of benzene rings is 2. The molecule has 7 heteroatoms. The zero-order chi connectivity index (χ0) is 28.1. The van der Waals surface area contributed by atoms with Gasteiger partial charge in [-0.1, -0.05) is 58.0 Å². The lowest BCUT2D eigenvalue weighted by Crippen LogP contribution is -2.35. The van der Waals surface area contributed by atoms with Gasteiger partial charge in [-0.3, -0.25) is 9.59 Å². The molecule has 0 radical (unpaired) electrons. The first kappa shape index (κ1) is 26.9. The molecule has 0 unspecified atom stereocenters. The van der Waals surface area contributed by atoms with E-state index in [-0.39, 0.29) is 66.0 Å². The molecule has 0 amide bonds. The molecule has 3 N–H and O–H groups in total. The molecule has 0 aromatic heterocycles. The van der Waals surface area contributed by atoms with Crippen LogP contribution in [-0.4, -0.2) is 33.7 Å². The summed E-state index contributed by atoms with van der Waals surface area (Å²) in [5.74, 6) is -0.951. The molecular formula is C32H36O7. The van der Waals surface area contributed by atoms with Crippen molar-refractivity contribution in [1.29, 1.82) is 0 Å². The van der Waals surface area contributed by atoms with Crippen LogP contribution in [0.2, 0.25) is 0 Å². The third-order valence-electron chi connectivity index (χ3n) is 8.06. The number of ketones is 2. The Hall–Kier alpha value is -3.74. The van der Waals surface area contributed by atoms with Gasteiger partial charge in [-0.25, -0.2) is 0 Å². The molecule has 0 bridgehead atoms. The number of rotatable bonds is 6. The second-order valence-electron chi connectivity index (χ2n) is 12.6. The molecule has 2 aromatic rings. The van der Waals surface area contributed by atoms with Crippen molar-refractivity contribution in [3.63, 3.8) is 0 Å². The maximum absolute atomic E-state index is 13.6. The van der Waals surface area contributed by atoms with Gasteiger partial charge in [0.25, 0.3) is 0 Å². The van der Waals surface area contributed by atoms with E-state index in [1.165, 1.54) is 6.07 Å². The Bertz CT molecular complexity index is 1330. The highest BCUT2D eigenvalue weighted by atomic mass is 16.7. The molecule has 206 valence electrons. The van der Waals surface area contributed by atoms with Gasteiger partial charge in [0, 0.05) is 60.3 Å². The summed E-state index contributed by atoms with van der Waals surface area (Å²) in [6.45, 7) is 7.75.